The predicted molar refractivity (Wildman–Crippen MR) is 102 cm³/mol. The summed E-state index contributed by atoms with van der Waals surface area (Å²) in [4.78, 5) is 0. The van der Waals surface area contributed by atoms with E-state index in [1.54, 1.807) is 28.4 Å². The fourth-order valence-electron chi connectivity index (χ4n) is 2.68. The molecular formula is C21H28O5. The van der Waals surface area contributed by atoms with Crippen LogP contribution in [0.5, 0.6) is 28.7 Å². The lowest BCUT2D eigenvalue weighted by Gasteiger charge is -2.17. The van der Waals surface area contributed by atoms with Gasteiger partial charge in [0.1, 0.15) is 0 Å². The first kappa shape index (κ1) is 19.8. The Morgan fingerprint density at radius 2 is 1.31 bits per heavy atom. The number of hydrogen-bond acceptors (Lipinski definition) is 5. The van der Waals surface area contributed by atoms with Crippen LogP contribution in [0.3, 0.4) is 0 Å². The van der Waals surface area contributed by atoms with Crippen molar-refractivity contribution < 1.29 is 23.7 Å². The van der Waals surface area contributed by atoms with Crippen LogP contribution in [0, 0.1) is 0 Å². The van der Waals surface area contributed by atoms with Crippen LogP contribution < -0.4 is 23.7 Å². The maximum Gasteiger partial charge on any atom is 0.203 e. The van der Waals surface area contributed by atoms with E-state index < -0.39 is 0 Å². The van der Waals surface area contributed by atoms with E-state index in [1.165, 1.54) is 0 Å². The second-order valence-corrected chi connectivity index (χ2v) is 6.20. The maximum absolute atomic E-state index is 6.00. The summed E-state index contributed by atoms with van der Waals surface area (Å²) < 4.78 is 27.6. The fourth-order valence-corrected chi connectivity index (χ4v) is 2.68. The summed E-state index contributed by atoms with van der Waals surface area (Å²) >= 11 is 0. The molecule has 0 radical (unpaired) electrons. The topological polar surface area (TPSA) is 46.2 Å². The Hall–Kier alpha value is -2.56. The van der Waals surface area contributed by atoms with E-state index >= 15 is 0 Å². The molecule has 0 amide bonds. The minimum absolute atomic E-state index is 0.374. The van der Waals surface area contributed by atoms with Crippen molar-refractivity contribution in [3.63, 3.8) is 0 Å². The number of ether oxygens (including phenoxy) is 5. The van der Waals surface area contributed by atoms with Gasteiger partial charge in [0.25, 0.3) is 0 Å². The van der Waals surface area contributed by atoms with E-state index in [1.807, 2.05) is 30.3 Å². The van der Waals surface area contributed by atoms with Gasteiger partial charge in [-0.05, 0) is 41.3 Å². The molecule has 0 aliphatic heterocycles. The molecule has 0 atom stereocenters. The third-order valence-corrected chi connectivity index (χ3v) is 4.23. The summed E-state index contributed by atoms with van der Waals surface area (Å²) in [5.41, 5.74) is 2.24. The lowest BCUT2D eigenvalue weighted by molar-refractivity contribution is 0.277. The molecule has 0 heterocycles. The third-order valence-electron chi connectivity index (χ3n) is 4.23. The van der Waals surface area contributed by atoms with Crippen LogP contribution in [0.15, 0.2) is 30.3 Å². The molecule has 0 unspecified atom stereocenters. The summed E-state index contributed by atoms with van der Waals surface area (Å²) in [6, 6.07) is 9.85. The highest BCUT2D eigenvalue weighted by molar-refractivity contribution is 5.54. The number of methoxy groups -OCH3 is 4. The zero-order valence-electron chi connectivity index (χ0n) is 16.4. The SMILES string of the molecule is COc1ccc(CCOc2c(OC)cc(C(C)C)cc2OC)cc1OC. The van der Waals surface area contributed by atoms with Crippen LogP contribution in [-0.4, -0.2) is 35.0 Å². The van der Waals surface area contributed by atoms with Gasteiger partial charge in [-0.3, -0.25) is 0 Å². The van der Waals surface area contributed by atoms with Crippen molar-refractivity contribution >= 4 is 0 Å². The average Bonchev–Trinajstić information content (AvgIpc) is 2.67. The summed E-state index contributed by atoms with van der Waals surface area (Å²) in [7, 11) is 6.53. The van der Waals surface area contributed by atoms with Crippen LogP contribution in [0.1, 0.15) is 30.9 Å². The van der Waals surface area contributed by atoms with Gasteiger partial charge in [-0.2, -0.15) is 0 Å². The highest BCUT2D eigenvalue weighted by Gasteiger charge is 2.16. The molecule has 0 spiro atoms. The van der Waals surface area contributed by atoms with Crippen LogP contribution in [0.2, 0.25) is 0 Å². The van der Waals surface area contributed by atoms with E-state index in [-0.39, 0.29) is 0 Å². The molecule has 2 aromatic carbocycles. The van der Waals surface area contributed by atoms with Crippen LogP contribution in [-0.2, 0) is 6.42 Å². The van der Waals surface area contributed by atoms with Gasteiger partial charge in [-0.1, -0.05) is 19.9 Å². The van der Waals surface area contributed by atoms with E-state index in [2.05, 4.69) is 13.8 Å². The quantitative estimate of drug-likeness (QED) is 0.660. The maximum atomic E-state index is 6.00. The van der Waals surface area contributed by atoms with Crippen molar-refractivity contribution in [2.24, 2.45) is 0 Å². The Kier molecular flexibility index (Phi) is 7.01. The number of benzene rings is 2. The van der Waals surface area contributed by atoms with Gasteiger partial charge in [0.2, 0.25) is 5.75 Å². The minimum Gasteiger partial charge on any atom is -0.493 e. The lowest BCUT2D eigenvalue weighted by Crippen LogP contribution is -2.05. The van der Waals surface area contributed by atoms with Crippen LogP contribution in [0.4, 0.5) is 0 Å². The molecule has 0 N–H and O–H groups in total. The normalized spacial score (nSPS) is 10.6. The molecule has 0 saturated heterocycles. The Labute approximate surface area is 155 Å². The van der Waals surface area contributed by atoms with Gasteiger partial charge >= 0.3 is 0 Å². The van der Waals surface area contributed by atoms with E-state index in [0.717, 1.165) is 17.5 Å². The Morgan fingerprint density at radius 1 is 0.731 bits per heavy atom. The fraction of sp³-hybridized carbons (Fsp3) is 0.429. The summed E-state index contributed by atoms with van der Waals surface area (Å²) in [6.07, 6.45) is 0.721. The van der Waals surface area contributed by atoms with Crippen LogP contribution >= 0.6 is 0 Å². The molecule has 0 saturated carbocycles. The Bertz CT molecular complexity index is 699. The largest absolute Gasteiger partial charge is 0.493 e. The number of hydrogen-bond donors (Lipinski definition) is 0. The Morgan fingerprint density at radius 3 is 1.81 bits per heavy atom. The second kappa shape index (κ2) is 9.22. The number of rotatable bonds is 9. The summed E-state index contributed by atoms with van der Waals surface area (Å²) in [5.74, 6) is 3.78. The van der Waals surface area contributed by atoms with Gasteiger partial charge in [0.05, 0.1) is 35.0 Å². The average molecular weight is 360 g/mol. The highest BCUT2D eigenvalue weighted by atomic mass is 16.5. The predicted octanol–water partition coefficient (Wildman–Crippen LogP) is 4.47. The van der Waals surface area contributed by atoms with Gasteiger partial charge in [0.15, 0.2) is 23.0 Å². The van der Waals surface area contributed by atoms with Crippen LogP contribution in [0.25, 0.3) is 0 Å². The molecule has 5 nitrogen and oxygen atoms in total. The molecule has 0 fully saturated rings. The molecular weight excluding hydrogens is 332 g/mol. The van der Waals surface area contributed by atoms with Gasteiger partial charge < -0.3 is 23.7 Å². The smallest absolute Gasteiger partial charge is 0.203 e. The van der Waals surface area contributed by atoms with Gasteiger partial charge in [0, 0.05) is 6.42 Å². The first-order chi connectivity index (χ1) is 12.5. The molecule has 0 aliphatic carbocycles. The monoisotopic (exact) mass is 360 g/mol. The molecule has 0 aliphatic rings. The van der Waals surface area contributed by atoms with Gasteiger partial charge in [-0.25, -0.2) is 0 Å². The molecule has 0 aromatic heterocycles. The summed E-state index contributed by atoms with van der Waals surface area (Å²) in [5, 5.41) is 0. The summed E-state index contributed by atoms with van der Waals surface area (Å²) in [6.45, 7) is 4.75. The molecule has 5 heteroatoms. The molecule has 2 rings (SSSR count). The third kappa shape index (κ3) is 4.54. The van der Waals surface area contributed by atoms with Crippen molar-refractivity contribution in [1.82, 2.24) is 0 Å². The second-order valence-electron chi connectivity index (χ2n) is 6.20. The highest BCUT2D eigenvalue weighted by Crippen LogP contribution is 2.40. The minimum atomic E-state index is 0.374. The first-order valence-corrected chi connectivity index (χ1v) is 8.63. The zero-order valence-corrected chi connectivity index (χ0v) is 16.4. The van der Waals surface area contributed by atoms with Crippen molar-refractivity contribution in [3.05, 3.63) is 41.5 Å². The Balaban J connectivity index is 2.14. The zero-order chi connectivity index (χ0) is 19.1. The lowest BCUT2D eigenvalue weighted by atomic mass is 10.0. The van der Waals surface area contributed by atoms with Gasteiger partial charge in [-0.15, -0.1) is 0 Å². The van der Waals surface area contributed by atoms with Crippen molar-refractivity contribution in [2.75, 3.05) is 35.0 Å². The van der Waals surface area contributed by atoms with Crippen molar-refractivity contribution in [2.45, 2.75) is 26.2 Å². The molecule has 142 valence electrons. The van der Waals surface area contributed by atoms with E-state index in [0.29, 0.717) is 41.3 Å². The van der Waals surface area contributed by atoms with E-state index in [4.69, 9.17) is 23.7 Å². The van der Waals surface area contributed by atoms with Crippen molar-refractivity contribution in [1.29, 1.82) is 0 Å². The molecule has 0 bridgehead atoms. The first-order valence-electron chi connectivity index (χ1n) is 8.63. The van der Waals surface area contributed by atoms with Crippen molar-refractivity contribution in [3.8, 4) is 28.7 Å². The van der Waals surface area contributed by atoms with E-state index in [9.17, 15) is 0 Å². The molecule has 2 aromatic rings. The molecule has 26 heavy (non-hydrogen) atoms. The standard InChI is InChI=1S/C21H28O5/c1-14(2)16-12-19(24-5)21(20(13-16)25-6)26-10-9-15-7-8-17(22-3)18(11-15)23-4/h7-8,11-14H,9-10H2,1-6H3.